The Hall–Kier alpha value is -1.84. The molecule has 2 aromatic carbocycles. The fourth-order valence-corrected chi connectivity index (χ4v) is 2.51. The van der Waals surface area contributed by atoms with E-state index in [0.717, 1.165) is 22.3 Å². The first-order chi connectivity index (χ1) is 10.5. The van der Waals surface area contributed by atoms with Crippen molar-refractivity contribution in [3.8, 4) is 11.4 Å². The standard InChI is InChI=1S/C17H15Cl2N3/c1-10(2)20-17-14-8-7-13(19)9-15(14)21-16(22-17)11-3-5-12(18)6-4-11/h3-10H,1-2H3,(H,20,21,22). The summed E-state index contributed by atoms with van der Waals surface area (Å²) in [6.07, 6.45) is 0. The lowest BCUT2D eigenvalue weighted by Gasteiger charge is -2.13. The molecule has 0 saturated heterocycles. The molecule has 0 bridgehead atoms. The highest BCUT2D eigenvalue weighted by atomic mass is 35.5. The van der Waals surface area contributed by atoms with Crippen LogP contribution >= 0.6 is 23.2 Å². The number of aromatic nitrogens is 2. The van der Waals surface area contributed by atoms with E-state index >= 15 is 0 Å². The fourth-order valence-electron chi connectivity index (χ4n) is 2.21. The minimum Gasteiger partial charge on any atom is -0.367 e. The first kappa shape index (κ1) is 15.1. The lowest BCUT2D eigenvalue weighted by atomic mass is 10.1. The van der Waals surface area contributed by atoms with Crippen molar-refractivity contribution in [2.75, 3.05) is 5.32 Å². The SMILES string of the molecule is CC(C)Nc1nc(-c2ccc(Cl)cc2)nc2cc(Cl)ccc12. The van der Waals surface area contributed by atoms with Gasteiger partial charge in [0.15, 0.2) is 5.82 Å². The molecule has 0 unspecified atom stereocenters. The topological polar surface area (TPSA) is 37.8 Å². The summed E-state index contributed by atoms with van der Waals surface area (Å²) < 4.78 is 0. The maximum Gasteiger partial charge on any atom is 0.162 e. The number of rotatable bonds is 3. The second-order valence-electron chi connectivity index (χ2n) is 5.36. The van der Waals surface area contributed by atoms with Gasteiger partial charge in [-0.25, -0.2) is 9.97 Å². The summed E-state index contributed by atoms with van der Waals surface area (Å²) in [6.45, 7) is 4.15. The highest BCUT2D eigenvalue weighted by molar-refractivity contribution is 6.31. The zero-order valence-corrected chi connectivity index (χ0v) is 13.8. The molecule has 3 rings (SSSR count). The van der Waals surface area contributed by atoms with Crippen LogP contribution in [-0.2, 0) is 0 Å². The monoisotopic (exact) mass is 331 g/mol. The van der Waals surface area contributed by atoms with Crippen molar-refractivity contribution >= 4 is 39.9 Å². The molecule has 0 atom stereocenters. The van der Waals surface area contributed by atoms with E-state index in [-0.39, 0.29) is 6.04 Å². The number of hydrogen-bond donors (Lipinski definition) is 1. The molecule has 0 amide bonds. The van der Waals surface area contributed by atoms with Crippen LogP contribution in [0.2, 0.25) is 10.0 Å². The van der Waals surface area contributed by atoms with Gasteiger partial charge in [0.05, 0.1) is 5.52 Å². The van der Waals surface area contributed by atoms with Crippen LogP contribution in [0.1, 0.15) is 13.8 Å². The van der Waals surface area contributed by atoms with Crippen molar-refractivity contribution < 1.29 is 0 Å². The van der Waals surface area contributed by atoms with Gasteiger partial charge in [-0.3, -0.25) is 0 Å². The molecule has 0 spiro atoms. The van der Waals surface area contributed by atoms with Crippen LogP contribution in [-0.4, -0.2) is 16.0 Å². The van der Waals surface area contributed by atoms with Crippen molar-refractivity contribution in [2.45, 2.75) is 19.9 Å². The molecule has 1 aromatic heterocycles. The number of nitrogens with one attached hydrogen (secondary N) is 1. The van der Waals surface area contributed by atoms with Gasteiger partial charge < -0.3 is 5.32 Å². The van der Waals surface area contributed by atoms with Crippen LogP contribution in [0.3, 0.4) is 0 Å². The lowest BCUT2D eigenvalue weighted by molar-refractivity contribution is 0.891. The van der Waals surface area contributed by atoms with E-state index in [1.165, 1.54) is 0 Å². The fraction of sp³-hybridized carbons (Fsp3) is 0.176. The summed E-state index contributed by atoms with van der Waals surface area (Å²) in [4.78, 5) is 9.29. The van der Waals surface area contributed by atoms with E-state index in [9.17, 15) is 0 Å². The van der Waals surface area contributed by atoms with Gasteiger partial charge in [0.2, 0.25) is 0 Å². The highest BCUT2D eigenvalue weighted by Gasteiger charge is 2.10. The summed E-state index contributed by atoms with van der Waals surface area (Å²) in [5.41, 5.74) is 1.73. The Morgan fingerprint density at radius 2 is 1.59 bits per heavy atom. The van der Waals surface area contributed by atoms with Crippen LogP contribution in [0, 0.1) is 0 Å². The molecule has 0 aliphatic rings. The average molecular weight is 332 g/mol. The normalized spacial score (nSPS) is 11.1. The van der Waals surface area contributed by atoms with Gasteiger partial charge in [-0.15, -0.1) is 0 Å². The third-order valence-electron chi connectivity index (χ3n) is 3.19. The predicted molar refractivity (Wildman–Crippen MR) is 93.8 cm³/mol. The van der Waals surface area contributed by atoms with E-state index in [2.05, 4.69) is 29.1 Å². The number of halogens is 2. The molecular weight excluding hydrogens is 317 g/mol. The van der Waals surface area contributed by atoms with Crippen molar-refractivity contribution in [1.82, 2.24) is 9.97 Å². The molecule has 3 nitrogen and oxygen atoms in total. The summed E-state index contributed by atoms with van der Waals surface area (Å²) >= 11 is 12.0. The molecule has 3 aromatic rings. The van der Waals surface area contributed by atoms with Gasteiger partial charge in [0, 0.05) is 27.0 Å². The molecule has 112 valence electrons. The Morgan fingerprint density at radius 1 is 0.909 bits per heavy atom. The Balaban J connectivity index is 2.20. The molecule has 0 fully saturated rings. The lowest BCUT2D eigenvalue weighted by Crippen LogP contribution is -2.12. The van der Waals surface area contributed by atoms with Crippen LogP contribution < -0.4 is 5.32 Å². The van der Waals surface area contributed by atoms with Gasteiger partial charge in [-0.1, -0.05) is 23.2 Å². The zero-order chi connectivity index (χ0) is 15.7. The molecule has 22 heavy (non-hydrogen) atoms. The number of hydrogen-bond acceptors (Lipinski definition) is 3. The molecule has 0 aliphatic carbocycles. The highest BCUT2D eigenvalue weighted by Crippen LogP contribution is 2.28. The minimum absolute atomic E-state index is 0.270. The second kappa shape index (κ2) is 6.11. The van der Waals surface area contributed by atoms with Gasteiger partial charge in [-0.2, -0.15) is 0 Å². The molecule has 1 heterocycles. The minimum atomic E-state index is 0.270. The number of benzene rings is 2. The Kier molecular flexibility index (Phi) is 4.19. The van der Waals surface area contributed by atoms with Gasteiger partial charge >= 0.3 is 0 Å². The van der Waals surface area contributed by atoms with Crippen LogP contribution in [0.5, 0.6) is 0 Å². The van der Waals surface area contributed by atoms with Gasteiger partial charge in [0.1, 0.15) is 5.82 Å². The summed E-state index contributed by atoms with van der Waals surface area (Å²) in [5.74, 6) is 1.45. The number of fused-ring (bicyclic) bond motifs is 1. The molecular formula is C17H15Cl2N3. The maximum atomic E-state index is 6.10. The number of nitrogens with zero attached hydrogens (tertiary/aromatic N) is 2. The zero-order valence-electron chi connectivity index (χ0n) is 12.3. The van der Waals surface area contributed by atoms with Gasteiger partial charge in [-0.05, 0) is 56.3 Å². The van der Waals surface area contributed by atoms with E-state index in [1.54, 1.807) is 0 Å². The van der Waals surface area contributed by atoms with Crippen molar-refractivity contribution in [1.29, 1.82) is 0 Å². The Labute approximate surface area is 139 Å². The van der Waals surface area contributed by atoms with E-state index in [4.69, 9.17) is 23.2 Å². The van der Waals surface area contributed by atoms with Crippen LogP contribution in [0.15, 0.2) is 42.5 Å². The van der Waals surface area contributed by atoms with E-state index in [0.29, 0.717) is 15.9 Å². The van der Waals surface area contributed by atoms with Gasteiger partial charge in [0.25, 0.3) is 0 Å². The molecule has 0 aliphatic heterocycles. The average Bonchev–Trinajstić information content (AvgIpc) is 2.46. The molecule has 1 N–H and O–H groups in total. The van der Waals surface area contributed by atoms with E-state index in [1.807, 2.05) is 42.5 Å². The van der Waals surface area contributed by atoms with Crippen LogP contribution in [0.25, 0.3) is 22.3 Å². The Bertz CT molecular complexity index is 814. The third kappa shape index (κ3) is 3.16. The molecule has 0 saturated carbocycles. The quantitative estimate of drug-likeness (QED) is 0.695. The van der Waals surface area contributed by atoms with Crippen molar-refractivity contribution in [3.63, 3.8) is 0 Å². The largest absolute Gasteiger partial charge is 0.367 e. The maximum absolute atomic E-state index is 6.10. The summed E-state index contributed by atoms with van der Waals surface area (Å²) in [5, 5.41) is 5.67. The molecule has 5 heteroatoms. The Morgan fingerprint density at radius 3 is 2.27 bits per heavy atom. The number of anilines is 1. The smallest absolute Gasteiger partial charge is 0.162 e. The summed E-state index contributed by atoms with van der Waals surface area (Å²) in [6, 6.07) is 13.4. The first-order valence-electron chi connectivity index (χ1n) is 7.03. The molecule has 0 radical (unpaired) electrons. The van der Waals surface area contributed by atoms with Crippen LogP contribution in [0.4, 0.5) is 5.82 Å². The predicted octanol–water partition coefficient (Wildman–Crippen LogP) is 5.42. The van der Waals surface area contributed by atoms with Crippen molar-refractivity contribution in [3.05, 3.63) is 52.5 Å². The van der Waals surface area contributed by atoms with Crippen molar-refractivity contribution in [2.24, 2.45) is 0 Å². The summed E-state index contributed by atoms with van der Waals surface area (Å²) in [7, 11) is 0. The third-order valence-corrected chi connectivity index (χ3v) is 3.67. The second-order valence-corrected chi connectivity index (χ2v) is 6.24. The van der Waals surface area contributed by atoms with E-state index < -0.39 is 0 Å². The first-order valence-corrected chi connectivity index (χ1v) is 7.78.